The fourth-order valence-electron chi connectivity index (χ4n) is 1.47. The zero-order valence-corrected chi connectivity index (χ0v) is 11.0. The van der Waals surface area contributed by atoms with E-state index in [9.17, 15) is 9.59 Å². The van der Waals surface area contributed by atoms with Crippen molar-refractivity contribution in [3.63, 3.8) is 0 Å². The minimum atomic E-state index is -0.546. The highest BCUT2D eigenvalue weighted by atomic mass is 16.5. The number of amides is 1. The van der Waals surface area contributed by atoms with Gasteiger partial charge in [-0.25, -0.2) is 4.79 Å². The lowest BCUT2D eigenvalue weighted by molar-refractivity contribution is -0.146. The Bertz CT molecular complexity index is 244. The molecule has 0 aromatic rings. The van der Waals surface area contributed by atoms with Crippen LogP contribution in [0, 0.1) is 5.92 Å². The van der Waals surface area contributed by atoms with Crippen molar-refractivity contribution >= 4 is 11.9 Å². The molecule has 5 nitrogen and oxygen atoms in total. The summed E-state index contributed by atoms with van der Waals surface area (Å²) in [5.41, 5.74) is 5.35. The number of methoxy groups -OCH3 is 1. The lowest BCUT2D eigenvalue weighted by Gasteiger charge is -2.21. The number of nitrogens with one attached hydrogen (secondary N) is 1. The van der Waals surface area contributed by atoms with Crippen LogP contribution in [-0.4, -0.2) is 31.6 Å². The molecule has 0 radical (unpaired) electrons. The number of carbonyl (C=O) groups is 2. The van der Waals surface area contributed by atoms with Crippen LogP contribution < -0.4 is 11.1 Å². The highest BCUT2D eigenvalue weighted by Gasteiger charge is 2.26. The predicted octanol–water partition coefficient (Wildman–Crippen LogP) is 0.819. The molecule has 5 heteroatoms. The molecule has 17 heavy (non-hydrogen) atoms. The number of hydrogen-bond donors (Lipinski definition) is 2. The van der Waals surface area contributed by atoms with Crippen molar-refractivity contribution in [2.45, 2.75) is 45.6 Å². The van der Waals surface area contributed by atoms with Gasteiger partial charge in [0.15, 0.2) is 0 Å². The van der Waals surface area contributed by atoms with Gasteiger partial charge in [0.05, 0.1) is 7.11 Å². The molecule has 0 saturated heterocycles. The molecule has 0 aliphatic carbocycles. The van der Waals surface area contributed by atoms with Crippen LogP contribution in [0.3, 0.4) is 0 Å². The Morgan fingerprint density at radius 3 is 2.47 bits per heavy atom. The number of rotatable bonds is 8. The highest BCUT2D eigenvalue weighted by molar-refractivity contribution is 5.84. The molecular weight excluding hydrogens is 220 g/mol. The van der Waals surface area contributed by atoms with E-state index in [0.717, 1.165) is 19.3 Å². The number of carbonyl (C=O) groups excluding carboxylic acids is 2. The average molecular weight is 244 g/mol. The Hall–Kier alpha value is -1.10. The van der Waals surface area contributed by atoms with Crippen LogP contribution in [-0.2, 0) is 14.3 Å². The summed E-state index contributed by atoms with van der Waals surface area (Å²) in [7, 11) is 1.33. The van der Waals surface area contributed by atoms with Crippen molar-refractivity contribution in [2.75, 3.05) is 13.7 Å². The van der Waals surface area contributed by atoms with Crippen molar-refractivity contribution in [1.29, 1.82) is 0 Å². The lowest BCUT2D eigenvalue weighted by Crippen LogP contribution is -2.45. The summed E-state index contributed by atoms with van der Waals surface area (Å²) in [6.45, 7) is 4.47. The Balaban J connectivity index is 4.23. The number of nitrogens with two attached hydrogens (primary N) is 1. The fourth-order valence-corrected chi connectivity index (χ4v) is 1.47. The van der Waals surface area contributed by atoms with E-state index in [0.29, 0.717) is 13.0 Å². The Kier molecular flexibility index (Phi) is 8.40. The van der Waals surface area contributed by atoms with Crippen molar-refractivity contribution in [2.24, 2.45) is 11.7 Å². The second kappa shape index (κ2) is 8.98. The molecular formula is C12H24N2O3. The van der Waals surface area contributed by atoms with Gasteiger partial charge in [-0.3, -0.25) is 4.79 Å². The standard InChI is InChI=1S/C12H24N2O3/c1-4-9(2)11(12(16)17-3)14-10(15)7-5-6-8-13/h9,11H,4-8,13H2,1-3H3,(H,14,15). The third-order valence-corrected chi connectivity index (χ3v) is 2.84. The topological polar surface area (TPSA) is 81.4 Å². The number of ether oxygens (including phenoxy) is 1. The van der Waals surface area contributed by atoms with Gasteiger partial charge in [-0.15, -0.1) is 0 Å². The van der Waals surface area contributed by atoms with E-state index >= 15 is 0 Å². The number of esters is 1. The SMILES string of the molecule is CCC(C)C(NC(=O)CCCCN)C(=O)OC. The molecule has 0 aromatic carbocycles. The second-order valence-corrected chi connectivity index (χ2v) is 4.20. The Morgan fingerprint density at radius 2 is 2.00 bits per heavy atom. The summed E-state index contributed by atoms with van der Waals surface area (Å²) < 4.78 is 4.69. The van der Waals surface area contributed by atoms with Gasteiger partial charge in [0, 0.05) is 6.42 Å². The minimum absolute atomic E-state index is 0.0703. The molecule has 0 aromatic heterocycles. The summed E-state index contributed by atoms with van der Waals surface area (Å²) in [6, 6.07) is -0.546. The van der Waals surface area contributed by atoms with Crippen LogP contribution in [0.5, 0.6) is 0 Å². The minimum Gasteiger partial charge on any atom is -0.467 e. The summed E-state index contributed by atoms with van der Waals surface area (Å²) in [6.07, 6.45) is 2.78. The van der Waals surface area contributed by atoms with E-state index < -0.39 is 6.04 Å². The van der Waals surface area contributed by atoms with Gasteiger partial charge >= 0.3 is 5.97 Å². The Labute approximate surface area is 103 Å². The van der Waals surface area contributed by atoms with Crippen LogP contribution in [0.4, 0.5) is 0 Å². The van der Waals surface area contributed by atoms with Gasteiger partial charge in [-0.2, -0.15) is 0 Å². The first-order valence-electron chi connectivity index (χ1n) is 6.14. The van der Waals surface area contributed by atoms with Gasteiger partial charge in [0.25, 0.3) is 0 Å². The third-order valence-electron chi connectivity index (χ3n) is 2.84. The normalized spacial score (nSPS) is 13.9. The zero-order chi connectivity index (χ0) is 13.3. The van der Waals surface area contributed by atoms with Crippen molar-refractivity contribution in [3.8, 4) is 0 Å². The van der Waals surface area contributed by atoms with Gasteiger partial charge < -0.3 is 15.8 Å². The largest absolute Gasteiger partial charge is 0.467 e. The van der Waals surface area contributed by atoms with Gasteiger partial charge in [-0.05, 0) is 25.3 Å². The highest BCUT2D eigenvalue weighted by Crippen LogP contribution is 2.09. The molecule has 0 saturated carbocycles. The molecule has 3 N–H and O–H groups in total. The third kappa shape index (κ3) is 6.26. The fraction of sp³-hybridized carbons (Fsp3) is 0.833. The van der Waals surface area contributed by atoms with Crippen LogP contribution in [0.1, 0.15) is 39.5 Å². The summed E-state index contributed by atoms with van der Waals surface area (Å²) >= 11 is 0. The van der Waals surface area contributed by atoms with Gasteiger partial charge in [0.2, 0.25) is 5.91 Å². The zero-order valence-electron chi connectivity index (χ0n) is 11.0. The van der Waals surface area contributed by atoms with Crippen LogP contribution in [0.2, 0.25) is 0 Å². The van der Waals surface area contributed by atoms with E-state index in [1.165, 1.54) is 7.11 Å². The smallest absolute Gasteiger partial charge is 0.328 e. The maximum atomic E-state index is 11.6. The maximum absolute atomic E-state index is 11.6. The molecule has 2 atom stereocenters. The number of hydrogen-bond acceptors (Lipinski definition) is 4. The molecule has 2 unspecified atom stereocenters. The van der Waals surface area contributed by atoms with E-state index in [2.05, 4.69) is 10.1 Å². The molecule has 0 rings (SSSR count). The first-order valence-corrected chi connectivity index (χ1v) is 6.14. The first-order chi connectivity index (χ1) is 8.06. The molecule has 0 heterocycles. The molecule has 0 aliphatic rings. The lowest BCUT2D eigenvalue weighted by atomic mass is 9.99. The number of unbranched alkanes of at least 4 members (excludes halogenated alkanes) is 1. The van der Waals surface area contributed by atoms with Crippen molar-refractivity contribution in [1.82, 2.24) is 5.32 Å². The quantitative estimate of drug-likeness (QED) is 0.489. The van der Waals surface area contributed by atoms with Gasteiger partial charge in [0.1, 0.15) is 6.04 Å². The molecule has 0 spiro atoms. The molecule has 0 aliphatic heterocycles. The van der Waals surface area contributed by atoms with Crippen LogP contribution in [0.25, 0.3) is 0 Å². The average Bonchev–Trinajstić information content (AvgIpc) is 2.34. The van der Waals surface area contributed by atoms with E-state index in [1.54, 1.807) is 0 Å². The van der Waals surface area contributed by atoms with Crippen molar-refractivity contribution in [3.05, 3.63) is 0 Å². The van der Waals surface area contributed by atoms with Crippen LogP contribution >= 0.6 is 0 Å². The molecule has 0 fully saturated rings. The summed E-state index contributed by atoms with van der Waals surface area (Å²) in [5.74, 6) is -0.429. The Morgan fingerprint density at radius 1 is 1.35 bits per heavy atom. The van der Waals surface area contributed by atoms with E-state index in [1.807, 2.05) is 13.8 Å². The summed E-state index contributed by atoms with van der Waals surface area (Å²) in [4.78, 5) is 23.1. The molecule has 100 valence electrons. The predicted molar refractivity (Wildman–Crippen MR) is 66.3 cm³/mol. The molecule has 0 bridgehead atoms. The second-order valence-electron chi connectivity index (χ2n) is 4.20. The molecule has 1 amide bonds. The van der Waals surface area contributed by atoms with E-state index in [-0.39, 0.29) is 17.8 Å². The van der Waals surface area contributed by atoms with Gasteiger partial charge in [-0.1, -0.05) is 20.3 Å². The van der Waals surface area contributed by atoms with Crippen LogP contribution in [0.15, 0.2) is 0 Å². The monoisotopic (exact) mass is 244 g/mol. The summed E-state index contributed by atoms with van der Waals surface area (Å²) in [5, 5.41) is 2.72. The maximum Gasteiger partial charge on any atom is 0.328 e. The first kappa shape index (κ1) is 15.9. The van der Waals surface area contributed by atoms with E-state index in [4.69, 9.17) is 5.73 Å². The van der Waals surface area contributed by atoms with Crippen molar-refractivity contribution < 1.29 is 14.3 Å².